The van der Waals surface area contributed by atoms with E-state index in [0.29, 0.717) is 37.0 Å². The second-order valence-corrected chi connectivity index (χ2v) is 10.8. The van der Waals surface area contributed by atoms with Gasteiger partial charge in [0.15, 0.2) is 10.8 Å². The van der Waals surface area contributed by atoms with Crippen molar-refractivity contribution >= 4 is 46.7 Å². The van der Waals surface area contributed by atoms with Crippen LogP contribution in [0.3, 0.4) is 0 Å². The van der Waals surface area contributed by atoms with Crippen LogP contribution < -0.4 is 5.46 Å². The lowest BCUT2D eigenvalue weighted by molar-refractivity contribution is 0.00578. The first-order valence-electron chi connectivity index (χ1n) is 12.1. The van der Waals surface area contributed by atoms with E-state index in [9.17, 15) is 9.59 Å². The zero-order valence-corrected chi connectivity index (χ0v) is 22.0. The van der Waals surface area contributed by atoms with Gasteiger partial charge in [0.2, 0.25) is 0 Å². The third-order valence-corrected chi connectivity index (χ3v) is 7.91. The van der Waals surface area contributed by atoms with Crippen molar-refractivity contribution in [1.82, 2.24) is 14.5 Å². The van der Waals surface area contributed by atoms with Crippen LogP contribution in [-0.4, -0.2) is 77.6 Å². The van der Waals surface area contributed by atoms with Gasteiger partial charge in [0.1, 0.15) is 0 Å². The smallest absolute Gasteiger partial charge is 0.461 e. The van der Waals surface area contributed by atoms with E-state index in [1.807, 2.05) is 61.6 Å². The molecule has 0 spiro atoms. The van der Waals surface area contributed by atoms with Gasteiger partial charge in [0.25, 0.3) is 5.91 Å². The number of carbonyl (C=O) groups excluding carboxylic acids is 2. The van der Waals surface area contributed by atoms with Crippen molar-refractivity contribution in [1.29, 1.82) is 0 Å². The molecule has 0 unspecified atom stereocenters. The number of carbonyl (C=O) groups is 2. The lowest BCUT2D eigenvalue weighted by atomic mass is 9.78. The van der Waals surface area contributed by atoms with Gasteiger partial charge in [0, 0.05) is 41.1 Å². The summed E-state index contributed by atoms with van der Waals surface area (Å²) in [5, 5.41) is 3.13. The molecule has 0 radical (unpaired) electrons. The molecule has 0 bridgehead atoms. The van der Waals surface area contributed by atoms with Crippen LogP contribution in [0.4, 0.5) is 0 Å². The van der Waals surface area contributed by atoms with Gasteiger partial charge in [-0.2, -0.15) is 0 Å². The third kappa shape index (κ3) is 4.34. The Morgan fingerprint density at radius 3 is 2.50 bits per heavy atom. The Balaban J connectivity index is 1.59. The highest BCUT2D eigenvalue weighted by Crippen LogP contribution is 2.37. The van der Waals surface area contributed by atoms with E-state index in [0.717, 1.165) is 16.4 Å². The van der Waals surface area contributed by atoms with E-state index < -0.39 is 24.3 Å². The zero-order valence-electron chi connectivity index (χ0n) is 21.2. The summed E-state index contributed by atoms with van der Waals surface area (Å²) in [5.74, 6) is -0.493. The van der Waals surface area contributed by atoms with Crippen molar-refractivity contribution in [2.24, 2.45) is 0 Å². The van der Waals surface area contributed by atoms with Crippen LogP contribution in [0.2, 0.25) is 0 Å². The molecule has 11 heteroatoms. The number of nitrogens with zero attached hydrogens (tertiary/aromatic N) is 3. The molecule has 0 aliphatic carbocycles. The van der Waals surface area contributed by atoms with Crippen LogP contribution in [0.5, 0.6) is 0 Å². The minimum atomic E-state index is -0.628. The van der Waals surface area contributed by atoms with Crippen LogP contribution in [0.15, 0.2) is 29.8 Å². The highest BCUT2D eigenvalue weighted by atomic mass is 32.1. The average molecular weight is 511 g/mol. The first-order chi connectivity index (χ1) is 17.1. The monoisotopic (exact) mass is 511 g/mol. The number of benzene rings is 1. The van der Waals surface area contributed by atoms with E-state index in [-0.39, 0.29) is 18.2 Å². The Hall–Kier alpha value is -2.73. The van der Waals surface area contributed by atoms with Gasteiger partial charge in [-0.25, -0.2) is 9.78 Å². The van der Waals surface area contributed by atoms with Crippen LogP contribution in [0, 0.1) is 0 Å². The van der Waals surface area contributed by atoms with Crippen molar-refractivity contribution in [3.63, 3.8) is 0 Å². The minimum Gasteiger partial charge on any atom is -0.461 e. The van der Waals surface area contributed by atoms with Crippen molar-refractivity contribution in [3.05, 3.63) is 41.0 Å². The number of hydrogen-bond acceptors (Lipinski definition) is 8. The Bertz CT molecular complexity index is 1290. The molecule has 1 amide bonds. The second-order valence-electron chi connectivity index (χ2n) is 9.91. The summed E-state index contributed by atoms with van der Waals surface area (Å²) in [5.41, 5.74) is 1.44. The van der Waals surface area contributed by atoms with Gasteiger partial charge < -0.3 is 23.7 Å². The van der Waals surface area contributed by atoms with Gasteiger partial charge in [-0.3, -0.25) is 9.36 Å². The quantitative estimate of drug-likeness (QED) is 0.384. The van der Waals surface area contributed by atoms with Crippen LogP contribution in [0.25, 0.3) is 16.0 Å². The Morgan fingerprint density at radius 1 is 1.14 bits per heavy atom. The van der Waals surface area contributed by atoms with Gasteiger partial charge in [-0.1, -0.05) is 0 Å². The number of thiazole rings is 1. The molecule has 2 aromatic heterocycles. The van der Waals surface area contributed by atoms with Crippen LogP contribution >= 0.6 is 11.3 Å². The average Bonchev–Trinajstić information content (AvgIpc) is 3.53. The highest BCUT2D eigenvalue weighted by molar-refractivity contribution is 7.12. The Kier molecular flexibility index (Phi) is 6.44. The minimum absolute atomic E-state index is 0.0355. The number of fused-ring (bicyclic) bond motifs is 1. The highest BCUT2D eigenvalue weighted by Gasteiger charge is 2.52. The van der Waals surface area contributed by atoms with Crippen molar-refractivity contribution in [2.45, 2.75) is 45.8 Å². The molecule has 3 aromatic rings. The number of rotatable bonds is 5. The fraction of sp³-hybridized carbons (Fsp3) is 0.480. The standard InChI is InChI=1S/C25H30BN3O6S/c1-6-33-22(31)19-15-36-23(27-19)29-14-18(26-34-24(2,3)25(4,5)35-26)17-13-16(7-8-20(17)29)21(30)28-9-11-32-12-10-28/h7-8,13-15H,6,9-12H2,1-5H3. The van der Waals surface area contributed by atoms with E-state index >= 15 is 0 Å². The summed E-state index contributed by atoms with van der Waals surface area (Å²) in [6.45, 7) is 12.3. The summed E-state index contributed by atoms with van der Waals surface area (Å²) in [6.07, 6.45) is 1.92. The first-order valence-corrected chi connectivity index (χ1v) is 13.0. The molecule has 190 valence electrons. The fourth-order valence-corrected chi connectivity index (χ4v) is 5.11. The molecule has 2 saturated heterocycles. The predicted molar refractivity (Wildman–Crippen MR) is 137 cm³/mol. The van der Waals surface area contributed by atoms with Crippen molar-refractivity contribution in [3.8, 4) is 5.13 Å². The van der Waals surface area contributed by atoms with Crippen LogP contribution in [-0.2, 0) is 18.8 Å². The SMILES string of the molecule is CCOC(=O)c1csc(-n2cc(B3OC(C)(C)C(C)(C)O3)c3cc(C(=O)N4CCOCC4)ccc32)n1. The predicted octanol–water partition coefficient (Wildman–Crippen LogP) is 3.04. The largest absolute Gasteiger partial charge is 0.497 e. The van der Waals surface area contributed by atoms with E-state index in [4.69, 9.17) is 18.8 Å². The molecule has 4 heterocycles. The Labute approximate surface area is 214 Å². The molecular formula is C25H30BN3O6S. The van der Waals surface area contributed by atoms with Crippen molar-refractivity contribution < 1.29 is 28.4 Å². The second kappa shape index (κ2) is 9.30. The molecule has 1 aromatic carbocycles. The maximum atomic E-state index is 13.2. The summed E-state index contributed by atoms with van der Waals surface area (Å²) in [4.78, 5) is 31.8. The molecule has 0 atom stereocenters. The number of esters is 1. The maximum Gasteiger partial charge on any atom is 0.497 e. The molecule has 36 heavy (non-hydrogen) atoms. The first kappa shape index (κ1) is 24.9. The van der Waals surface area contributed by atoms with E-state index in [1.54, 1.807) is 12.3 Å². The molecule has 2 fully saturated rings. The number of ether oxygens (including phenoxy) is 2. The molecular weight excluding hydrogens is 481 g/mol. The normalized spacial score (nSPS) is 19.1. The zero-order chi connectivity index (χ0) is 25.7. The van der Waals surface area contributed by atoms with Gasteiger partial charge in [-0.05, 0) is 52.8 Å². The fourth-order valence-electron chi connectivity index (χ4n) is 4.33. The number of amides is 1. The maximum absolute atomic E-state index is 13.2. The number of morpholine rings is 1. The molecule has 9 nitrogen and oxygen atoms in total. The number of hydrogen-bond donors (Lipinski definition) is 0. The number of aromatic nitrogens is 2. The Morgan fingerprint density at radius 2 is 1.83 bits per heavy atom. The summed E-state index contributed by atoms with van der Waals surface area (Å²) in [7, 11) is -0.628. The van der Waals surface area contributed by atoms with Crippen molar-refractivity contribution in [2.75, 3.05) is 32.9 Å². The summed E-state index contributed by atoms with van der Waals surface area (Å²) in [6, 6.07) is 5.62. The molecule has 2 aliphatic rings. The molecule has 0 N–H and O–H groups in total. The van der Waals surface area contributed by atoms with E-state index in [1.165, 1.54) is 11.3 Å². The van der Waals surface area contributed by atoms with E-state index in [2.05, 4.69) is 4.98 Å². The van der Waals surface area contributed by atoms with Crippen LogP contribution in [0.1, 0.15) is 55.5 Å². The topological polar surface area (TPSA) is 92.1 Å². The van der Waals surface area contributed by atoms with Gasteiger partial charge in [-0.15, -0.1) is 11.3 Å². The van der Waals surface area contributed by atoms with Gasteiger partial charge in [0.05, 0.1) is 36.5 Å². The third-order valence-electron chi connectivity index (χ3n) is 7.07. The molecule has 2 aliphatic heterocycles. The molecule has 5 rings (SSSR count). The summed E-state index contributed by atoms with van der Waals surface area (Å²) >= 11 is 1.34. The van der Waals surface area contributed by atoms with Gasteiger partial charge >= 0.3 is 13.1 Å². The lowest BCUT2D eigenvalue weighted by Crippen LogP contribution is -2.41. The molecule has 0 saturated carbocycles. The summed E-state index contributed by atoms with van der Waals surface area (Å²) < 4.78 is 25.1. The lowest BCUT2D eigenvalue weighted by Gasteiger charge is -2.32.